The van der Waals surface area contributed by atoms with Gasteiger partial charge in [0, 0.05) is 41.6 Å². The number of pyridine rings is 1. The molecule has 5 nitrogen and oxygen atoms in total. The lowest BCUT2D eigenvalue weighted by Gasteiger charge is -2.32. The molecule has 1 fully saturated rings. The SMILES string of the molecule is CN1CCN(C(=O)c2cccc(-c3cc(N)nc4ccc(Br)cc34)c2)CC1. The molecular weight excluding hydrogens is 404 g/mol. The Morgan fingerprint density at radius 3 is 2.63 bits per heavy atom. The van der Waals surface area contributed by atoms with Crippen molar-refractivity contribution >= 4 is 38.6 Å². The Balaban J connectivity index is 1.74. The van der Waals surface area contributed by atoms with Crippen molar-refractivity contribution in [3.05, 3.63) is 58.6 Å². The van der Waals surface area contributed by atoms with Crippen molar-refractivity contribution in [2.75, 3.05) is 39.0 Å². The summed E-state index contributed by atoms with van der Waals surface area (Å²) in [6.07, 6.45) is 0. The van der Waals surface area contributed by atoms with Crippen LogP contribution in [0.4, 0.5) is 5.82 Å². The fourth-order valence-electron chi connectivity index (χ4n) is 3.47. The van der Waals surface area contributed by atoms with Crippen molar-refractivity contribution in [2.24, 2.45) is 0 Å². The molecule has 138 valence electrons. The van der Waals surface area contributed by atoms with Crippen molar-refractivity contribution < 1.29 is 4.79 Å². The van der Waals surface area contributed by atoms with Crippen molar-refractivity contribution in [1.29, 1.82) is 0 Å². The van der Waals surface area contributed by atoms with E-state index in [1.807, 2.05) is 53.4 Å². The highest BCUT2D eigenvalue weighted by molar-refractivity contribution is 9.10. The van der Waals surface area contributed by atoms with Crippen molar-refractivity contribution in [3.63, 3.8) is 0 Å². The number of carbonyl (C=O) groups is 1. The molecule has 4 rings (SSSR count). The number of amides is 1. The Morgan fingerprint density at radius 1 is 1.07 bits per heavy atom. The second-order valence-electron chi connectivity index (χ2n) is 6.93. The number of fused-ring (bicyclic) bond motifs is 1. The molecule has 0 unspecified atom stereocenters. The molecule has 6 heteroatoms. The molecule has 27 heavy (non-hydrogen) atoms. The highest BCUT2D eigenvalue weighted by Crippen LogP contribution is 2.32. The third-order valence-corrected chi connectivity index (χ3v) is 5.49. The zero-order valence-corrected chi connectivity index (χ0v) is 16.7. The monoisotopic (exact) mass is 424 g/mol. The average Bonchev–Trinajstić information content (AvgIpc) is 2.68. The summed E-state index contributed by atoms with van der Waals surface area (Å²) < 4.78 is 0.979. The number of aromatic nitrogens is 1. The van der Waals surface area contributed by atoms with Crippen LogP contribution in [0.1, 0.15) is 10.4 Å². The van der Waals surface area contributed by atoms with Gasteiger partial charge in [-0.2, -0.15) is 0 Å². The smallest absolute Gasteiger partial charge is 0.253 e. The Hall–Kier alpha value is -2.44. The van der Waals surface area contributed by atoms with Gasteiger partial charge in [0.2, 0.25) is 0 Å². The number of piperazine rings is 1. The van der Waals surface area contributed by atoms with Gasteiger partial charge in [-0.1, -0.05) is 28.1 Å². The predicted molar refractivity (Wildman–Crippen MR) is 113 cm³/mol. The molecule has 0 atom stereocenters. The third-order valence-electron chi connectivity index (χ3n) is 5.00. The van der Waals surface area contributed by atoms with Crippen LogP contribution in [0.3, 0.4) is 0 Å². The summed E-state index contributed by atoms with van der Waals surface area (Å²) in [6, 6.07) is 15.6. The summed E-state index contributed by atoms with van der Waals surface area (Å²) in [7, 11) is 2.08. The lowest BCUT2D eigenvalue weighted by atomic mass is 9.99. The fourth-order valence-corrected chi connectivity index (χ4v) is 3.83. The Morgan fingerprint density at radius 2 is 1.85 bits per heavy atom. The van der Waals surface area contributed by atoms with Crippen molar-refractivity contribution in [2.45, 2.75) is 0 Å². The zero-order valence-electron chi connectivity index (χ0n) is 15.2. The molecule has 0 bridgehead atoms. The van der Waals surface area contributed by atoms with E-state index in [0.717, 1.165) is 52.7 Å². The van der Waals surface area contributed by atoms with Gasteiger partial charge in [0.25, 0.3) is 5.91 Å². The minimum Gasteiger partial charge on any atom is -0.384 e. The van der Waals surface area contributed by atoms with Gasteiger partial charge in [-0.3, -0.25) is 4.79 Å². The maximum Gasteiger partial charge on any atom is 0.253 e. The number of benzene rings is 2. The van der Waals surface area contributed by atoms with Crippen LogP contribution < -0.4 is 5.73 Å². The van der Waals surface area contributed by atoms with Crippen LogP contribution >= 0.6 is 15.9 Å². The zero-order chi connectivity index (χ0) is 19.0. The second kappa shape index (κ2) is 7.29. The number of hydrogen-bond donors (Lipinski definition) is 1. The largest absolute Gasteiger partial charge is 0.384 e. The summed E-state index contributed by atoms with van der Waals surface area (Å²) in [5, 5.41) is 1.00. The number of likely N-dealkylation sites (N-methyl/N-ethyl adjacent to an activating group) is 1. The first-order valence-electron chi connectivity index (χ1n) is 8.95. The van der Waals surface area contributed by atoms with E-state index in [0.29, 0.717) is 11.4 Å². The van der Waals surface area contributed by atoms with Gasteiger partial charge in [0.05, 0.1) is 5.52 Å². The minimum absolute atomic E-state index is 0.0810. The summed E-state index contributed by atoms with van der Waals surface area (Å²) in [6.45, 7) is 3.34. The minimum atomic E-state index is 0.0810. The van der Waals surface area contributed by atoms with Gasteiger partial charge in [-0.25, -0.2) is 4.98 Å². The maximum absolute atomic E-state index is 12.9. The van der Waals surface area contributed by atoms with Crippen molar-refractivity contribution in [1.82, 2.24) is 14.8 Å². The summed E-state index contributed by atoms with van der Waals surface area (Å²) >= 11 is 3.53. The molecule has 2 heterocycles. The number of carbonyl (C=O) groups excluding carboxylic acids is 1. The van der Waals surface area contributed by atoms with E-state index in [2.05, 4.69) is 32.9 Å². The quantitative estimate of drug-likeness (QED) is 0.681. The number of rotatable bonds is 2. The Labute approximate surface area is 166 Å². The van der Waals surface area contributed by atoms with Gasteiger partial charge in [0.1, 0.15) is 5.82 Å². The molecule has 1 saturated heterocycles. The first kappa shape index (κ1) is 17.9. The number of nitrogens with two attached hydrogens (primary N) is 1. The van der Waals surface area contributed by atoms with Crippen LogP contribution in [0, 0.1) is 0 Å². The number of nitrogen functional groups attached to an aromatic ring is 1. The maximum atomic E-state index is 12.9. The molecule has 2 N–H and O–H groups in total. The molecule has 0 saturated carbocycles. The first-order chi connectivity index (χ1) is 13.0. The van der Waals surface area contributed by atoms with Gasteiger partial charge in [0.15, 0.2) is 0 Å². The Kier molecular flexibility index (Phi) is 4.85. The molecule has 1 amide bonds. The number of anilines is 1. The van der Waals surface area contributed by atoms with Crippen molar-refractivity contribution in [3.8, 4) is 11.1 Å². The normalized spacial score (nSPS) is 15.3. The topological polar surface area (TPSA) is 62.5 Å². The van der Waals surface area contributed by atoms with E-state index >= 15 is 0 Å². The predicted octanol–water partition coefficient (Wildman–Crippen LogP) is 3.63. The van der Waals surface area contributed by atoms with E-state index in [9.17, 15) is 4.79 Å². The molecule has 0 spiro atoms. The van der Waals surface area contributed by atoms with Gasteiger partial charge >= 0.3 is 0 Å². The number of nitrogens with zero attached hydrogens (tertiary/aromatic N) is 3. The molecule has 0 radical (unpaired) electrons. The number of hydrogen-bond acceptors (Lipinski definition) is 4. The Bertz CT molecular complexity index is 1010. The highest BCUT2D eigenvalue weighted by Gasteiger charge is 2.20. The van der Waals surface area contributed by atoms with E-state index < -0.39 is 0 Å². The summed E-state index contributed by atoms with van der Waals surface area (Å²) in [5.41, 5.74) is 9.51. The standard InChI is InChI=1S/C21H21BrN4O/c1-25-7-9-26(10-8-25)21(27)15-4-2-3-14(11-15)17-13-20(23)24-19-6-5-16(22)12-18(17)19/h2-6,11-13H,7-10H2,1H3,(H2,23,24). The van der Waals surface area contributed by atoms with Gasteiger partial charge in [-0.05, 0) is 54.6 Å². The van der Waals surface area contributed by atoms with E-state index in [1.54, 1.807) is 0 Å². The van der Waals surface area contributed by atoms with Gasteiger partial charge < -0.3 is 15.5 Å². The van der Waals surface area contributed by atoms with Gasteiger partial charge in [-0.15, -0.1) is 0 Å². The van der Waals surface area contributed by atoms with Crippen LogP contribution in [-0.2, 0) is 0 Å². The lowest BCUT2D eigenvalue weighted by molar-refractivity contribution is 0.0664. The van der Waals surface area contributed by atoms with Crippen LogP contribution in [0.15, 0.2) is 53.0 Å². The molecule has 1 aliphatic heterocycles. The molecule has 1 aromatic heterocycles. The van der Waals surface area contributed by atoms with Crippen LogP contribution in [0.25, 0.3) is 22.0 Å². The summed E-state index contributed by atoms with van der Waals surface area (Å²) in [4.78, 5) is 21.5. The molecular formula is C21H21BrN4O. The molecule has 0 aliphatic carbocycles. The highest BCUT2D eigenvalue weighted by atomic mass is 79.9. The molecule has 3 aromatic rings. The van der Waals surface area contributed by atoms with Crippen LogP contribution in [0.2, 0.25) is 0 Å². The van der Waals surface area contributed by atoms with E-state index in [4.69, 9.17) is 5.73 Å². The first-order valence-corrected chi connectivity index (χ1v) is 9.74. The van der Waals surface area contributed by atoms with E-state index in [-0.39, 0.29) is 5.91 Å². The fraction of sp³-hybridized carbons (Fsp3) is 0.238. The molecule has 2 aromatic carbocycles. The number of halogens is 1. The molecule has 1 aliphatic rings. The average molecular weight is 425 g/mol. The third kappa shape index (κ3) is 3.68. The van der Waals surface area contributed by atoms with Crippen LogP contribution in [0.5, 0.6) is 0 Å². The lowest BCUT2D eigenvalue weighted by Crippen LogP contribution is -2.47. The van der Waals surface area contributed by atoms with E-state index in [1.165, 1.54) is 0 Å². The summed E-state index contributed by atoms with van der Waals surface area (Å²) in [5.74, 6) is 0.549. The van der Waals surface area contributed by atoms with Crippen LogP contribution in [-0.4, -0.2) is 53.9 Å². The second-order valence-corrected chi connectivity index (χ2v) is 7.85.